The fourth-order valence-electron chi connectivity index (χ4n) is 1.20. The number of methoxy groups -OCH3 is 1. The molecular formula is C10H11N3O4S2. The molecule has 1 aromatic rings. The van der Waals surface area contributed by atoms with Crippen LogP contribution in [0.4, 0.5) is 16.2 Å². The number of hydrogen-bond acceptors (Lipinski definition) is 6. The molecule has 102 valence electrons. The molecule has 0 saturated heterocycles. The maximum Gasteiger partial charge on any atom is 0.413 e. The second kappa shape index (κ2) is 6.90. The quantitative estimate of drug-likeness (QED) is 0.383. The van der Waals surface area contributed by atoms with Gasteiger partial charge < -0.3 is 10.1 Å². The van der Waals surface area contributed by atoms with Crippen molar-refractivity contribution in [2.75, 3.05) is 18.7 Å². The third-order valence-electron chi connectivity index (χ3n) is 2.05. The fraction of sp³-hybridized carbons (Fsp3) is 0.200. The summed E-state index contributed by atoms with van der Waals surface area (Å²) in [6.07, 6.45) is 1.09. The minimum absolute atomic E-state index is 0.0757. The Labute approximate surface area is 118 Å². The number of carbonyl (C=O) groups is 1. The fourth-order valence-corrected chi connectivity index (χ4v) is 1.83. The molecule has 1 amide bonds. The van der Waals surface area contributed by atoms with Crippen molar-refractivity contribution >= 4 is 46.6 Å². The van der Waals surface area contributed by atoms with E-state index < -0.39 is 11.0 Å². The van der Waals surface area contributed by atoms with E-state index >= 15 is 0 Å². The van der Waals surface area contributed by atoms with Gasteiger partial charge >= 0.3 is 6.09 Å². The van der Waals surface area contributed by atoms with E-state index in [9.17, 15) is 14.9 Å². The average molecular weight is 301 g/mol. The van der Waals surface area contributed by atoms with E-state index in [2.05, 4.69) is 15.4 Å². The summed E-state index contributed by atoms with van der Waals surface area (Å²) in [5, 5.41) is 15.6. The Hall–Kier alpha value is -1.87. The van der Waals surface area contributed by atoms with Gasteiger partial charge in [0.05, 0.1) is 12.0 Å². The number of nitrogens with zero attached hydrogens (tertiary/aromatic N) is 1. The van der Waals surface area contributed by atoms with Crippen molar-refractivity contribution in [3.8, 4) is 0 Å². The predicted octanol–water partition coefficient (Wildman–Crippen LogP) is 2.37. The van der Waals surface area contributed by atoms with Crippen LogP contribution in [-0.4, -0.2) is 29.5 Å². The number of alkyl carbamates (subject to hydrolysis) is 1. The number of anilines is 1. The lowest BCUT2D eigenvalue weighted by Crippen LogP contribution is -2.34. The molecule has 0 aliphatic carbocycles. The first-order valence-electron chi connectivity index (χ1n) is 4.96. The number of ether oxygens (including phenoxy) is 1. The Morgan fingerprint density at radius 1 is 1.53 bits per heavy atom. The molecule has 1 aromatic carbocycles. The first-order chi connectivity index (χ1) is 8.97. The lowest BCUT2D eigenvalue weighted by atomic mass is 10.2. The van der Waals surface area contributed by atoms with Crippen LogP contribution in [0.25, 0.3) is 0 Å². The SMILES string of the molecule is COC(=O)NC(=S)Nc1cc(SC)ccc1[N+](=O)[O-]. The molecule has 0 aromatic heterocycles. The Bertz CT molecular complexity index is 521. The zero-order chi connectivity index (χ0) is 14.4. The Kier molecular flexibility index (Phi) is 5.52. The summed E-state index contributed by atoms with van der Waals surface area (Å²) in [5.41, 5.74) is 0.0741. The number of benzene rings is 1. The molecule has 0 spiro atoms. The average Bonchev–Trinajstić information content (AvgIpc) is 2.37. The summed E-state index contributed by atoms with van der Waals surface area (Å²) >= 11 is 6.28. The molecule has 9 heteroatoms. The van der Waals surface area contributed by atoms with Gasteiger partial charge in [-0.1, -0.05) is 0 Å². The number of carbonyl (C=O) groups excluding carboxylic acids is 1. The van der Waals surface area contributed by atoms with Crippen LogP contribution in [0.5, 0.6) is 0 Å². The van der Waals surface area contributed by atoms with E-state index in [0.717, 1.165) is 4.90 Å². The molecule has 0 heterocycles. The summed E-state index contributed by atoms with van der Waals surface area (Å²) in [5.74, 6) is 0. The van der Waals surface area contributed by atoms with Crippen molar-refractivity contribution in [2.24, 2.45) is 0 Å². The smallest absolute Gasteiger partial charge is 0.413 e. The maximum atomic E-state index is 11.0. The summed E-state index contributed by atoms with van der Waals surface area (Å²) in [4.78, 5) is 22.1. The van der Waals surface area contributed by atoms with Gasteiger partial charge in [-0.25, -0.2) is 4.79 Å². The largest absolute Gasteiger partial charge is 0.453 e. The summed E-state index contributed by atoms with van der Waals surface area (Å²) in [6, 6.07) is 4.58. The van der Waals surface area contributed by atoms with Crippen LogP contribution in [-0.2, 0) is 4.74 Å². The number of amides is 1. The molecule has 0 saturated carbocycles. The standard InChI is InChI=1S/C10H11N3O4S2/c1-17-10(14)12-9(18)11-7-5-6(19-2)3-4-8(7)13(15)16/h3-5H,1-2H3,(H2,11,12,14,18). The number of hydrogen-bond donors (Lipinski definition) is 2. The van der Waals surface area contributed by atoms with E-state index in [1.807, 2.05) is 6.26 Å². The third kappa shape index (κ3) is 4.38. The Balaban J connectivity index is 2.94. The molecule has 1 rings (SSSR count). The highest BCUT2D eigenvalue weighted by Crippen LogP contribution is 2.29. The van der Waals surface area contributed by atoms with Crippen molar-refractivity contribution < 1.29 is 14.5 Å². The monoisotopic (exact) mass is 301 g/mol. The van der Waals surface area contributed by atoms with Gasteiger partial charge in [0.1, 0.15) is 5.69 Å². The van der Waals surface area contributed by atoms with Crippen LogP contribution in [0, 0.1) is 10.1 Å². The highest BCUT2D eigenvalue weighted by Gasteiger charge is 2.16. The van der Waals surface area contributed by atoms with E-state index in [1.165, 1.54) is 24.9 Å². The van der Waals surface area contributed by atoms with Crippen LogP contribution in [0.3, 0.4) is 0 Å². The summed E-state index contributed by atoms with van der Waals surface area (Å²) in [6.45, 7) is 0. The van der Waals surface area contributed by atoms with Gasteiger partial charge in [-0.2, -0.15) is 0 Å². The third-order valence-corrected chi connectivity index (χ3v) is 2.98. The molecule has 0 radical (unpaired) electrons. The lowest BCUT2D eigenvalue weighted by molar-refractivity contribution is -0.383. The maximum absolute atomic E-state index is 11.0. The number of nitrogens with one attached hydrogen (secondary N) is 2. The summed E-state index contributed by atoms with van der Waals surface area (Å²) in [7, 11) is 1.19. The van der Waals surface area contributed by atoms with Crippen molar-refractivity contribution in [3.63, 3.8) is 0 Å². The van der Waals surface area contributed by atoms with E-state index in [1.54, 1.807) is 12.1 Å². The van der Waals surface area contributed by atoms with Gasteiger partial charge in [0, 0.05) is 11.0 Å². The second-order valence-electron chi connectivity index (χ2n) is 3.21. The van der Waals surface area contributed by atoms with Crippen molar-refractivity contribution in [3.05, 3.63) is 28.3 Å². The van der Waals surface area contributed by atoms with E-state index in [4.69, 9.17) is 12.2 Å². The van der Waals surface area contributed by atoms with E-state index in [-0.39, 0.29) is 16.5 Å². The lowest BCUT2D eigenvalue weighted by Gasteiger charge is -2.09. The molecule has 7 nitrogen and oxygen atoms in total. The second-order valence-corrected chi connectivity index (χ2v) is 4.50. The Morgan fingerprint density at radius 3 is 2.74 bits per heavy atom. The van der Waals surface area contributed by atoms with Gasteiger partial charge in [-0.05, 0) is 30.6 Å². The number of nitro benzene ring substituents is 1. The van der Waals surface area contributed by atoms with Crippen LogP contribution >= 0.6 is 24.0 Å². The zero-order valence-electron chi connectivity index (χ0n) is 10.1. The normalized spacial score (nSPS) is 9.58. The van der Waals surface area contributed by atoms with Gasteiger partial charge in [0.25, 0.3) is 5.69 Å². The molecular weight excluding hydrogens is 290 g/mol. The van der Waals surface area contributed by atoms with Crippen LogP contribution in [0.1, 0.15) is 0 Å². The highest BCUT2D eigenvalue weighted by atomic mass is 32.2. The highest BCUT2D eigenvalue weighted by molar-refractivity contribution is 7.98. The van der Waals surface area contributed by atoms with Crippen molar-refractivity contribution in [1.29, 1.82) is 0 Å². The first-order valence-corrected chi connectivity index (χ1v) is 6.59. The molecule has 0 aliphatic heterocycles. The van der Waals surface area contributed by atoms with Crippen molar-refractivity contribution in [1.82, 2.24) is 5.32 Å². The number of nitro groups is 1. The topological polar surface area (TPSA) is 93.5 Å². The zero-order valence-corrected chi connectivity index (χ0v) is 11.8. The molecule has 19 heavy (non-hydrogen) atoms. The van der Waals surface area contributed by atoms with Gasteiger partial charge in [0.2, 0.25) is 0 Å². The number of thiocarbonyl (C=S) groups is 1. The number of thioether (sulfide) groups is 1. The first kappa shape index (κ1) is 15.2. The molecule has 0 atom stereocenters. The predicted molar refractivity (Wildman–Crippen MR) is 76.6 cm³/mol. The minimum atomic E-state index is -0.749. The number of rotatable bonds is 3. The van der Waals surface area contributed by atoms with Crippen molar-refractivity contribution in [2.45, 2.75) is 4.90 Å². The summed E-state index contributed by atoms with van der Waals surface area (Å²) < 4.78 is 4.37. The molecule has 2 N–H and O–H groups in total. The van der Waals surface area contributed by atoms with Crippen LogP contribution in [0.15, 0.2) is 23.1 Å². The molecule has 0 aliphatic rings. The van der Waals surface area contributed by atoms with Crippen LogP contribution in [0.2, 0.25) is 0 Å². The molecule has 0 bridgehead atoms. The van der Waals surface area contributed by atoms with Gasteiger partial charge in [-0.3, -0.25) is 15.4 Å². The van der Waals surface area contributed by atoms with Crippen LogP contribution < -0.4 is 10.6 Å². The van der Waals surface area contributed by atoms with E-state index in [0.29, 0.717) is 0 Å². The Morgan fingerprint density at radius 2 is 2.21 bits per heavy atom. The molecule has 0 unspecified atom stereocenters. The van der Waals surface area contributed by atoms with Gasteiger partial charge in [-0.15, -0.1) is 11.8 Å². The molecule has 0 fully saturated rings. The van der Waals surface area contributed by atoms with Gasteiger partial charge in [0.15, 0.2) is 5.11 Å². The minimum Gasteiger partial charge on any atom is -0.453 e.